The first-order valence-electron chi connectivity index (χ1n) is 4.11. The molecule has 0 bridgehead atoms. The van der Waals surface area contributed by atoms with Gasteiger partial charge < -0.3 is 16.4 Å². The van der Waals surface area contributed by atoms with E-state index in [1.165, 1.54) is 0 Å². The Morgan fingerprint density at radius 3 is 2.62 bits per heavy atom. The van der Waals surface area contributed by atoms with Crippen molar-refractivity contribution in [2.45, 2.75) is 6.42 Å². The molecule has 1 aromatic rings. The molecule has 0 unspecified atom stereocenters. The normalized spacial score (nSPS) is 10.7. The van der Waals surface area contributed by atoms with Crippen LogP contribution in [0.25, 0.3) is 0 Å². The van der Waals surface area contributed by atoms with Gasteiger partial charge in [-0.2, -0.15) is 4.98 Å². The minimum absolute atomic E-state index is 0.228. The highest BCUT2D eigenvalue weighted by Gasteiger charge is 2.02. The summed E-state index contributed by atoms with van der Waals surface area (Å²) in [5.41, 5.74) is 12.0. The molecule has 0 amide bonds. The van der Waals surface area contributed by atoms with Crippen molar-refractivity contribution in [3.05, 3.63) is 11.8 Å². The summed E-state index contributed by atoms with van der Waals surface area (Å²) in [6, 6.07) is 0. The second kappa shape index (κ2) is 4.04. The van der Waals surface area contributed by atoms with E-state index in [1.807, 2.05) is 14.1 Å². The summed E-state index contributed by atoms with van der Waals surface area (Å²) in [5.74, 6) is 0.709. The van der Waals surface area contributed by atoms with Crippen LogP contribution in [0.15, 0.2) is 6.20 Å². The van der Waals surface area contributed by atoms with Crippen LogP contribution < -0.4 is 11.5 Å². The zero-order valence-corrected chi connectivity index (χ0v) is 7.99. The summed E-state index contributed by atoms with van der Waals surface area (Å²) in [7, 11) is 4.02. The van der Waals surface area contributed by atoms with Crippen LogP contribution in [0.5, 0.6) is 0 Å². The molecule has 0 aliphatic carbocycles. The number of aromatic nitrogens is 2. The third-order valence-corrected chi connectivity index (χ3v) is 1.75. The van der Waals surface area contributed by atoms with Crippen molar-refractivity contribution in [1.82, 2.24) is 14.9 Å². The molecule has 1 rings (SSSR count). The van der Waals surface area contributed by atoms with E-state index in [-0.39, 0.29) is 5.95 Å². The maximum atomic E-state index is 5.66. The molecule has 0 saturated carbocycles. The second-order valence-electron chi connectivity index (χ2n) is 3.19. The molecule has 0 aliphatic heterocycles. The fourth-order valence-electron chi connectivity index (χ4n) is 0.971. The first kappa shape index (κ1) is 9.73. The van der Waals surface area contributed by atoms with E-state index in [1.54, 1.807) is 6.20 Å². The molecule has 0 saturated heterocycles. The first-order valence-corrected chi connectivity index (χ1v) is 4.11. The van der Waals surface area contributed by atoms with Gasteiger partial charge in [-0.05, 0) is 20.5 Å². The number of nitrogens with two attached hydrogens (primary N) is 2. The van der Waals surface area contributed by atoms with E-state index in [4.69, 9.17) is 11.5 Å². The van der Waals surface area contributed by atoms with Crippen LogP contribution in [0.1, 0.15) is 5.56 Å². The Balaban J connectivity index is 2.67. The summed E-state index contributed by atoms with van der Waals surface area (Å²) in [5, 5.41) is 0. The lowest BCUT2D eigenvalue weighted by Crippen LogP contribution is -2.16. The fourth-order valence-corrected chi connectivity index (χ4v) is 0.971. The van der Waals surface area contributed by atoms with Crippen LogP contribution in [0.2, 0.25) is 0 Å². The summed E-state index contributed by atoms with van der Waals surface area (Å²) < 4.78 is 0. The molecule has 1 aromatic heterocycles. The van der Waals surface area contributed by atoms with E-state index in [0.717, 1.165) is 18.5 Å². The lowest BCUT2D eigenvalue weighted by atomic mass is 10.2. The molecule has 5 nitrogen and oxygen atoms in total. The standard InChI is InChI=1S/C8H15N5/c1-13(2)4-3-6-5-11-8(10)12-7(6)9/h5H,3-4H2,1-2H3,(H4,9,10,11,12). The molecule has 13 heavy (non-hydrogen) atoms. The van der Waals surface area contributed by atoms with E-state index in [9.17, 15) is 0 Å². The summed E-state index contributed by atoms with van der Waals surface area (Å²) in [4.78, 5) is 9.84. The molecule has 0 spiro atoms. The van der Waals surface area contributed by atoms with Crippen molar-refractivity contribution in [1.29, 1.82) is 0 Å². The quantitative estimate of drug-likeness (QED) is 0.671. The highest BCUT2D eigenvalue weighted by Crippen LogP contribution is 2.08. The molecule has 0 atom stereocenters. The summed E-state index contributed by atoms with van der Waals surface area (Å²) >= 11 is 0. The predicted molar refractivity (Wildman–Crippen MR) is 53.1 cm³/mol. The van der Waals surface area contributed by atoms with E-state index in [2.05, 4.69) is 14.9 Å². The van der Waals surface area contributed by atoms with Crippen molar-refractivity contribution >= 4 is 11.8 Å². The largest absolute Gasteiger partial charge is 0.383 e. The van der Waals surface area contributed by atoms with Crippen molar-refractivity contribution in [2.24, 2.45) is 0 Å². The van der Waals surface area contributed by atoms with Crippen LogP contribution in [0.3, 0.4) is 0 Å². The molecule has 0 fully saturated rings. The molecular weight excluding hydrogens is 166 g/mol. The SMILES string of the molecule is CN(C)CCc1cnc(N)nc1N. The number of nitrogens with zero attached hydrogens (tertiary/aromatic N) is 3. The van der Waals surface area contributed by atoms with Crippen LogP contribution in [0.4, 0.5) is 11.8 Å². The highest BCUT2D eigenvalue weighted by atomic mass is 15.1. The van der Waals surface area contributed by atoms with E-state index in [0.29, 0.717) is 5.82 Å². The Bertz CT molecular complexity index is 284. The number of likely N-dealkylation sites (N-methyl/N-ethyl adjacent to an activating group) is 1. The fraction of sp³-hybridized carbons (Fsp3) is 0.500. The molecule has 5 heteroatoms. The number of hydrogen-bond acceptors (Lipinski definition) is 5. The van der Waals surface area contributed by atoms with Gasteiger partial charge in [-0.3, -0.25) is 0 Å². The monoisotopic (exact) mass is 181 g/mol. The third kappa shape index (κ3) is 2.87. The van der Waals surface area contributed by atoms with Gasteiger partial charge in [0, 0.05) is 18.3 Å². The van der Waals surface area contributed by atoms with Crippen molar-refractivity contribution in [3.8, 4) is 0 Å². The summed E-state index contributed by atoms with van der Waals surface area (Å²) in [6.45, 7) is 0.928. The lowest BCUT2D eigenvalue weighted by molar-refractivity contribution is 0.413. The number of rotatable bonds is 3. The minimum Gasteiger partial charge on any atom is -0.383 e. The van der Waals surface area contributed by atoms with Crippen molar-refractivity contribution < 1.29 is 0 Å². The van der Waals surface area contributed by atoms with E-state index < -0.39 is 0 Å². The Labute approximate surface area is 77.8 Å². The Kier molecular flexibility index (Phi) is 3.02. The zero-order chi connectivity index (χ0) is 9.84. The van der Waals surface area contributed by atoms with Gasteiger partial charge in [-0.25, -0.2) is 4.98 Å². The smallest absolute Gasteiger partial charge is 0.221 e. The Morgan fingerprint density at radius 2 is 2.08 bits per heavy atom. The molecule has 0 radical (unpaired) electrons. The third-order valence-electron chi connectivity index (χ3n) is 1.75. The highest BCUT2D eigenvalue weighted by molar-refractivity contribution is 5.41. The van der Waals surface area contributed by atoms with Gasteiger partial charge in [0.1, 0.15) is 5.82 Å². The second-order valence-corrected chi connectivity index (χ2v) is 3.19. The molecule has 4 N–H and O–H groups in total. The maximum absolute atomic E-state index is 5.66. The summed E-state index contributed by atoms with van der Waals surface area (Å²) in [6.07, 6.45) is 2.53. The predicted octanol–water partition coefficient (Wildman–Crippen LogP) is -0.255. The van der Waals surface area contributed by atoms with Crippen LogP contribution in [-0.2, 0) is 6.42 Å². The maximum Gasteiger partial charge on any atom is 0.221 e. The van der Waals surface area contributed by atoms with E-state index >= 15 is 0 Å². The Morgan fingerprint density at radius 1 is 1.38 bits per heavy atom. The van der Waals surface area contributed by atoms with Crippen molar-refractivity contribution in [2.75, 3.05) is 32.1 Å². The average molecular weight is 181 g/mol. The molecule has 0 aliphatic rings. The number of anilines is 2. The van der Waals surface area contributed by atoms with Crippen LogP contribution in [0, 0.1) is 0 Å². The molecular formula is C8H15N5. The number of hydrogen-bond donors (Lipinski definition) is 2. The molecule has 0 aromatic carbocycles. The number of nitrogen functional groups attached to an aromatic ring is 2. The first-order chi connectivity index (χ1) is 6.09. The Hall–Kier alpha value is -1.36. The minimum atomic E-state index is 0.228. The van der Waals surface area contributed by atoms with Crippen LogP contribution in [-0.4, -0.2) is 35.5 Å². The topological polar surface area (TPSA) is 81.1 Å². The van der Waals surface area contributed by atoms with Crippen molar-refractivity contribution in [3.63, 3.8) is 0 Å². The lowest BCUT2D eigenvalue weighted by Gasteiger charge is -2.09. The van der Waals surface area contributed by atoms with Gasteiger partial charge in [0.15, 0.2) is 0 Å². The molecule has 1 heterocycles. The molecule has 72 valence electrons. The zero-order valence-electron chi connectivity index (χ0n) is 7.99. The van der Waals surface area contributed by atoms with Gasteiger partial charge in [0.05, 0.1) is 0 Å². The van der Waals surface area contributed by atoms with Crippen LogP contribution >= 0.6 is 0 Å². The van der Waals surface area contributed by atoms with Gasteiger partial charge in [0.2, 0.25) is 5.95 Å². The van der Waals surface area contributed by atoms with Gasteiger partial charge in [-0.1, -0.05) is 0 Å². The average Bonchev–Trinajstić information content (AvgIpc) is 2.02. The van der Waals surface area contributed by atoms with Gasteiger partial charge >= 0.3 is 0 Å². The van der Waals surface area contributed by atoms with Gasteiger partial charge in [-0.15, -0.1) is 0 Å². The van der Waals surface area contributed by atoms with Gasteiger partial charge in [0.25, 0.3) is 0 Å².